The van der Waals surface area contributed by atoms with E-state index in [9.17, 15) is 9.59 Å². The zero-order chi connectivity index (χ0) is 16.8. The van der Waals surface area contributed by atoms with Gasteiger partial charge in [0.2, 0.25) is 0 Å². The van der Waals surface area contributed by atoms with E-state index in [0.29, 0.717) is 34.2 Å². The van der Waals surface area contributed by atoms with Crippen LogP contribution in [-0.4, -0.2) is 25.6 Å². The predicted octanol–water partition coefficient (Wildman–Crippen LogP) is 3.78. The lowest BCUT2D eigenvalue weighted by molar-refractivity contribution is 0.0600. The number of esters is 1. The number of hydrogen-bond donors (Lipinski definition) is 1. The van der Waals surface area contributed by atoms with Gasteiger partial charge in [-0.15, -0.1) is 0 Å². The number of nitrogens with one attached hydrogen (secondary N) is 1. The van der Waals surface area contributed by atoms with Crippen LogP contribution < -0.4 is 10.1 Å². The molecule has 2 aromatic rings. The van der Waals surface area contributed by atoms with Crippen molar-refractivity contribution in [2.24, 2.45) is 0 Å². The fraction of sp³-hybridized carbons (Fsp3) is 0.176. The molecule has 2 aromatic carbocycles. The molecule has 120 valence electrons. The van der Waals surface area contributed by atoms with E-state index in [1.54, 1.807) is 42.5 Å². The SMILES string of the molecule is CCOc1ccc(C(=O)Nc2ccc(C(=O)OC)cc2)cc1Cl. The molecule has 0 aliphatic heterocycles. The number of hydrogen-bond acceptors (Lipinski definition) is 4. The summed E-state index contributed by atoms with van der Waals surface area (Å²) in [5.74, 6) is -0.199. The summed E-state index contributed by atoms with van der Waals surface area (Å²) in [6, 6.07) is 11.2. The Morgan fingerprint density at radius 1 is 1.09 bits per heavy atom. The van der Waals surface area contributed by atoms with E-state index in [1.165, 1.54) is 7.11 Å². The van der Waals surface area contributed by atoms with Crippen LogP contribution in [0.15, 0.2) is 42.5 Å². The Morgan fingerprint density at radius 2 is 1.74 bits per heavy atom. The van der Waals surface area contributed by atoms with Gasteiger partial charge in [-0.3, -0.25) is 4.79 Å². The van der Waals surface area contributed by atoms with E-state index in [1.807, 2.05) is 6.92 Å². The molecule has 1 N–H and O–H groups in total. The Balaban J connectivity index is 2.09. The lowest BCUT2D eigenvalue weighted by Gasteiger charge is -2.09. The van der Waals surface area contributed by atoms with Crippen molar-refractivity contribution in [1.82, 2.24) is 0 Å². The highest BCUT2D eigenvalue weighted by molar-refractivity contribution is 6.32. The molecule has 0 aliphatic carbocycles. The Labute approximate surface area is 139 Å². The van der Waals surface area contributed by atoms with E-state index in [4.69, 9.17) is 16.3 Å². The summed E-state index contributed by atoms with van der Waals surface area (Å²) in [5.41, 5.74) is 1.39. The van der Waals surface area contributed by atoms with Crippen LogP contribution in [0.4, 0.5) is 5.69 Å². The molecule has 0 fully saturated rings. The summed E-state index contributed by atoms with van der Waals surface area (Å²) in [6.45, 7) is 2.35. The molecule has 0 aromatic heterocycles. The molecule has 0 radical (unpaired) electrons. The molecule has 5 nitrogen and oxygen atoms in total. The van der Waals surface area contributed by atoms with E-state index >= 15 is 0 Å². The second-order valence-electron chi connectivity index (χ2n) is 4.60. The van der Waals surface area contributed by atoms with E-state index in [-0.39, 0.29) is 5.91 Å². The van der Waals surface area contributed by atoms with Gasteiger partial charge >= 0.3 is 5.97 Å². The van der Waals surface area contributed by atoms with E-state index < -0.39 is 5.97 Å². The second kappa shape index (κ2) is 7.65. The normalized spacial score (nSPS) is 10.0. The smallest absolute Gasteiger partial charge is 0.337 e. The Morgan fingerprint density at radius 3 is 2.30 bits per heavy atom. The second-order valence-corrected chi connectivity index (χ2v) is 5.01. The Hall–Kier alpha value is -2.53. The molecule has 6 heteroatoms. The first-order chi connectivity index (χ1) is 11.0. The molecule has 0 saturated carbocycles. The van der Waals surface area contributed by atoms with Crippen molar-refractivity contribution >= 4 is 29.2 Å². The van der Waals surface area contributed by atoms with E-state index in [0.717, 1.165) is 0 Å². The third-order valence-electron chi connectivity index (χ3n) is 3.06. The molecule has 0 saturated heterocycles. The van der Waals surface area contributed by atoms with Gasteiger partial charge in [0, 0.05) is 11.3 Å². The minimum absolute atomic E-state index is 0.305. The largest absolute Gasteiger partial charge is 0.492 e. The van der Waals surface area contributed by atoms with Gasteiger partial charge in [0.15, 0.2) is 0 Å². The first-order valence-electron chi connectivity index (χ1n) is 6.97. The first kappa shape index (κ1) is 16.8. The minimum Gasteiger partial charge on any atom is -0.492 e. The van der Waals surface area contributed by atoms with Crippen molar-refractivity contribution in [2.45, 2.75) is 6.92 Å². The molecule has 1 amide bonds. The lowest BCUT2D eigenvalue weighted by atomic mass is 10.1. The van der Waals surface area contributed by atoms with Gasteiger partial charge in [0.05, 0.1) is 24.3 Å². The van der Waals surface area contributed by atoms with Crippen molar-refractivity contribution in [2.75, 3.05) is 19.0 Å². The molecule has 2 rings (SSSR count). The van der Waals surface area contributed by atoms with Gasteiger partial charge < -0.3 is 14.8 Å². The summed E-state index contributed by atoms with van der Waals surface area (Å²) in [6.07, 6.45) is 0. The molecule has 0 aliphatic rings. The van der Waals surface area contributed by atoms with Crippen LogP contribution in [0.2, 0.25) is 5.02 Å². The fourth-order valence-electron chi connectivity index (χ4n) is 1.93. The zero-order valence-electron chi connectivity index (χ0n) is 12.8. The molecule has 0 unspecified atom stereocenters. The number of amides is 1. The monoisotopic (exact) mass is 333 g/mol. The highest BCUT2D eigenvalue weighted by Gasteiger charge is 2.10. The number of anilines is 1. The molecule has 0 bridgehead atoms. The number of carbonyl (C=O) groups excluding carboxylic acids is 2. The van der Waals surface area contributed by atoms with Crippen molar-refractivity contribution in [3.05, 3.63) is 58.6 Å². The summed E-state index contributed by atoms with van der Waals surface area (Å²) in [4.78, 5) is 23.6. The Kier molecular flexibility index (Phi) is 5.60. The number of rotatable bonds is 5. The van der Waals surface area contributed by atoms with E-state index in [2.05, 4.69) is 10.1 Å². The maximum atomic E-state index is 12.2. The standard InChI is InChI=1S/C17H16ClNO4/c1-3-23-15-9-6-12(10-14(15)18)16(20)19-13-7-4-11(5-8-13)17(21)22-2/h4-10H,3H2,1-2H3,(H,19,20). The van der Waals surface area contributed by atoms with Crippen molar-refractivity contribution in [1.29, 1.82) is 0 Å². The molecule has 0 heterocycles. The highest BCUT2D eigenvalue weighted by Crippen LogP contribution is 2.25. The first-order valence-corrected chi connectivity index (χ1v) is 7.35. The molecule has 23 heavy (non-hydrogen) atoms. The Bertz CT molecular complexity index is 713. The van der Waals surface area contributed by atoms with Crippen molar-refractivity contribution < 1.29 is 19.1 Å². The van der Waals surface area contributed by atoms with Gasteiger partial charge in [-0.2, -0.15) is 0 Å². The molecular weight excluding hydrogens is 318 g/mol. The van der Waals surface area contributed by atoms with Crippen LogP contribution >= 0.6 is 11.6 Å². The third-order valence-corrected chi connectivity index (χ3v) is 3.35. The third kappa shape index (κ3) is 4.23. The molecule has 0 atom stereocenters. The van der Waals surface area contributed by atoms with Crippen LogP contribution in [-0.2, 0) is 4.74 Å². The summed E-state index contributed by atoms with van der Waals surface area (Å²) < 4.78 is 9.95. The number of carbonyl (C=O) groups is 2. The van der Waals surface area contributed by atoms with Gasteiger partial charge in [-0.25, -0.2) is 4.79 Å². The minimum atomic E-state index is -0.429. The topological polar surface area (TPSA) is 64.6 Å². The van der Waals surface area contributed by atoms with Gasteiger partial charge in [-0.1, -0.05) is 11.6 Å². The number of methoxy groups -OCH3 is 1. The highest BCUT2D eigenvalue weighted by atomic mass is 35.5. The fourth-order valence-corrected chi connectivity index (χ4v) is 2.16. The number of ether oxygens (including phenoxy) is 2. The number of halogens is 1. The molecular formula is C17H16ClNO4. The van der Waals surface area contributed by atoms with Gasteiger partial charge in [0.1, 0.15) is 5.75 Å². The quantitative estimate of drug-likeness (QED) is 0.846. The average Bonchev–Trinajstić information content (AvgIpc) is 2.56. The van der Waals surface area contributed by atoms with Crippen LogP contribution in [0.5, 0.6) is 5.75 Å². The summed E-state index contributed by atoms with van der Waals surface area (Å²) in [5, 5.41) is 3.11. The predicted molar refractivity (Wildman–Crippen MR) is 88.4 cm³/mol. The van der Waals surface area contributed by atoms with Crippen LogP contribution in [0.1, 0.15) is 27.6 Å². The zero-order valence-corrected chi connectivity index (χ0v) is 13.5. The maximum Gasteiger partial charge on any atom is 0.337 e. The lowest BCUT2D eigenvalue weighted by Crippen LogP contribution is -2.12. The maximum absolute atomic E-state index is 12.2. The van der Waals surface area contributed by atoms with Crippen LogP contribution in [0, 0.1) is 0 Å². The average molecular weight is 334 g/mol. The van der Waals surface area contributed by atoms with Crippen LogP contribution in [0.25, 0.3) is 0 Å². The number of benzene rings is 2. The van der Waals surface area contributed by atoms with Gasteiger partial charge in [-0.05, 0) is 49.4 Å². The van der Waals surface area contributed by atoms with Crippen molar-refractivity contribution in [3.63, 3.8) is 0 Å². The summed E-state index contributed by atoms with van der Waals surface area (Å²) in [7, 11) is 1.31. The summed E-state index contributed by atoms with van der Waals surface area (Å²) >= 11 is 6.07. The van der Waals surface area contributed by atoms with Crippen LogP contribution in [0.3, 0.4) is 0 Å². The van der Waals surface area contributed by atoms with Gasteiger partial charge in [0.25, 0.3) is 5.91 Å². The molecule has 0 spiro atoms. The van der Waals surface area contributed by atoms with Crippen molar-refractivity contribution in [3.8, 4) is 5.75 Å².